The maximum absolute atomic E-state index is 10.7. The van der Waals surface area contributed by atoms with Gasteiger partial charge in [0.25, 0.3) is 10.1 Å². The molecule has 0 bridgehead atoms. The van der Waals surface area contributed by atoms with Crippen molar-refractivity contribution in [3.05, 3.63) is 33.8 Å². The van der Waals surface area contributed by atoms with Crippen LogP contribution in [0.5, 0.6) is 0 Å². The first-order chi connectivity index (χ1) is 7.38. The molecule has 1 aromatic carbocycles. The monoisotopic (exact) mass is 282 g/mol. The Kier molecular flexibility index (Phi) is 5.05. The summed E-state index contributed by atoms with van der Waals surface area (Å²) in [5, 5.41) is 1.01. The van der Waals surface area contributed by atoms with Crippen molar-refractivity contribution in [3.63, 3.8) is 0 Å². The lowest BCUT2D eigenvalue weighted by Crippen LogP contribution is -2.04. The molecule has 0 aliphatic heterocycles. The molecule has 0 spiro atoms. The van der Waals surface area contributed by atoms with Gasteiger partial charge in [-0.2, -0.15) is 8.42 Å². The SMILES string of the molecule is CS(=O)(=O)OCCCc1ccc(Cl)c(Cl)c1. The molecular formula is C10H12Cl2O3S. The highest BCUT2D eigenvalue weighted by atomic mass is 35.5. The first kappa shape index (κ1) is 13.8. The topological polar surface area (TPSA) is 43.4 Å². The van der Waals surface area contributed by atoms with Crippen LogP contribution in [0.15, 0.2) is 18.2 Å². The van der Waals surface area contributed by atoms with Gasteiger partial charge in [-0.3, -0.25) is 4.18 Å². The molecular weight excluding hydrogens is 271 g/mol. The molecule has 0 fully saturated rings. The van der Waals surface area contributed by atoms with Gasteiger partial charge in [-0.15, -0.1) is 0 Å². The molecule has 0 amide bonds. The lowest BCUT2D eigenvalue weighted by molar-refractivity contribution is 0.316. The van der Waals surface area contributed by atoms with Gasteiger partial charge in [0.15, 0.2) is 0 Å². The molecule has 6 heteroatoms. The van der Waals surface area contributed by atoms with Crippen LogP contribution < -0.4 is 0 Å². The van der Waals surface area contributed by atoms with E-state index >= 15 is 0 Å². The van der Waals surface area contributed by atoms with Crippen molar-refractivity contribution in [1.82, 2.24) is 0 Å². The highest BCUT2D eigenvalue weighted by Gasteiger charge is 2.02. The number of hydrogen-bond acceptors (Lipinski definition) is 3. The lowest BCUT2D eigenvalue weighted by Gasteiger charge is -2.03. The second-order valence-corrected chi connectivity index (χ2v) is 5.84. The zero-order valence-electron chi connectivity index (χ0n) is 8.74. The Morgan fingerprint density at radius 2 is 1.94 bits per heavy atom. The van der Waals surface area contributed by atoms with E-state index in [1.165, 1.54) is 0 Å². The predicted octanol–water partition coefficient (Wildman–Crippen LogP) is 2.90. The third-order valence-electron chi connectivity index (χ3n) is 1.89. The van der Waals surface area contributed by atoms with Crippen molar-refractivity contribution in [1.29, 1.82) is 0 Å². The normalized spacial score (nSPS) is 11.7. The molecule has 0 atom stereocenters. The fourth-order valence-corrected chi connectivity index (χ4v) is 1.92. The van der Waals surface area contributed by atoms with Crippen LogP contribution in [0.3, 0.4) is 0 Å². The van der Waals surface area contributed by atoms with E-state index in [1.54, 1.807) is 12.1 Å². The molecule has 1 rings (SSSR count). The molecule has 16 heavy (non-hydrogen) atoms. The molecule has 1 aromatic rings. The number of benzene rings is 1. The van der Waals surface area contributed by atoms with Crippen LogP contribution in [0.2, 0.25) is 10.0 Å². The van der Waals surface area contributed by atoms with Crippen molar-refractivity contribution >= 4 is 33.3 Å². The first-order valence-electron chi connectivity index (χ1n) is 4.67. The third kappa shape index (κ3) is 5.16. The Bertz CT molecular complexity index is 457. The Morgan fingerprint density at radius 1 is 1.25 bits per heavy atom. The molecule has 0 heterocycles. The molecule has 0 saturated heterocycles. The smallest absolute Gasteiger partial charge is 0.264 e. The van der Waals surface area contributed by atoms with Crippen molar-refractivity contribution < 1.29 is 12.6 Å². The fourth-order valence-electron chi connectivity index (χ4n) is 1.18. The van der Waals surface area contributed by atoms with E-state index in [2.05, 4.69) is 4.18 Å². The van der Waals surface area contributed by atoms with Crippen molar-refractivity contribution in [2.75, 3.05) is 12.9 Å². The van der Waals surface area contributed by atoms with Gasteiger partial charge >= 0.3 is 0 Å². The lowest BCUT2D eigenvalue weighted by atomic mass is 10.1. The zero-order valence-corrected chi connectivity index (χ0v) is 11.1. The quantitative estimate of drug-likeness (QED) is 0.616. The Hall–Kier alpha value is -0.290. The maximum Gasteiger partial charge on any atom is 0.264 e. The van der Waals surface area contributed by atoms with Gasteiger partial charge in [-0.25, -0.2) is 0 Å². The number of aryl methyl sites for hydroxylation is 1. The molecule has 90 valence electrons. The van der Waals surface area contributed by atoms with Crippen LogP contribution in [0.4, 0.5) is 0 Å². The molecule has 0 radical (unpaired) electrons. The fraction of sp³-hybridized carbons (Fsp3) is 0.400. The third-order valence-corrected chi connectivity index (χ3v) is 3.23. The molecule has 0 aliphatic rings. The average molecular weight is 283 g/mol. The van der Waals surface area contributed by atoms with Gasteiger partial charge in [0.2, 0.25) is 0 Å². The second kappa shape index (κ2) is 5.87. The van der Waals surface area contributed by atoms with Crippen LogP contribution in [-0.2, 0) is 20.7 Å². The summed E-state index contributed by atoms with van der Waals surface area (Å²) in [6, 6.07) is 5.34. The van der Waals surface area contributed by atoms with Gasteiger partial charge in [-0.1, -0.05) is 29.3 Å². The number of halogens is 2. The summed E-state index contributed by atoms with van der Waals surface area (Å²) in [4.78, 5) is 0. The minimum atomic E-state index is -3.34. The summed E-state index contributed by atoms with van der Waals surface area (Å²) < 4.78 is 26.0. The van der Waals surface area contributed by atoms with Crippen LogP contribution in [0, 0.1) is 0 Å². The first-order valence-corrected chi connectivity index (χ1v) is 7.24. The molecule has 0 N–H and O–H groups in total. The van der Waals surface area contributed by atoms with E-state index in [9.17, 15) is 8.42 Å². The Balaban J connectivity index is 2.41. The van der Waals surface area contributed by atoms with Crippen LogP contribution in [-0.4, -0.2) is 21.3 Å². The van der Waals surface area contributed by atoms with Crippen molar-refractivity contribution in [2.24, 2.45) is 0 Å². The summed E-state index contributed by atoms with van der Waals surface area (Å²) in [5.74, 6) is 0. The van der Waals surface area contributed by atoms with Gasteiger partial charge in [0, 0.05) is 0 Å². The van der Waals surface area contributed by atoms with E-state index in [0.717, 1.165) is 11.8 Å². The molecule has 3 nitrogen and oxygen atoms in total. The van der Waals surface area contributed by atoms with E-state index in [4.69, 9.17) is 23.2 Å². The van der Waals surface area contributed by atoms with E-state index in [0.29, 0.717) is 22.9 Å². The molecule has 0 unspecified atom stereocenters. The van der Waals surface area contributed by atoms with Gasteiger partial charge < -0.3 is 0 Å². The minimum absolute atomic E-state index is 0.180. The maximum atomic E-state index is 10.7. The summed E-state index contributed by atoms with van der Waals surface area (Å²) in [6.45, 7) is 0.180. The predicted molar refractivity (Wildman–Crippen MR) is 65.6 cm³/mol. The summed E-state index contributed by atoms with van der Waals surface area (Å²) in [5.41, 5.74) is 1.01. The molecule has 0 aromatic heterocycles. The average Bonchev–Trinajstić information content (AvgIpc) is 2.17. The van der Waals surface area contributed by atoms with Gasteiger partial charge in [0.1, 0.15) is 0 Å². The Morgan fingerprint density at radius 3 is 2.50 bits per heavy atom. The van der Waals surface area contributed by atoms with E-state index < -0.39 is 10.1 Å². The number of hydrogen-bond donors (Lipinski definition) is 0. The van der Waals surface area contributed by atoms with Crippen LogP contribution in [0.1, 0.15) is 12.0 Å². The number of rotatable bonds is 5. The zero-order chi connectivity index (χ0) is 12.2. The summed E-state index contributed by atoms with van der Waals surface area (Å²) in [6.07, 6.45) is 2.35. The minimum Gasteiger partial charge on any atom is -0.270 e. The van der Waals surface area contributed by atoms with Crippen molar-refractivity contribution in [2.45, 2.75) is 12.8 Å². The van der Waals surface area contributed by atoms with E-state index in [-0.39, 0.29) is 6.61 Å². The Labute approximate surface area is 105 Å². The van der Waals surface area contributed by atoms with Gasteiger partial charge in [-0.05, 0) is 30.5 Å². The van der Waals surface area contributed by atoms with Crippen LogP contribution in [0.25, 0.3) is 0 Å². The van der Waals surface area contributed by atoms with Crippen molar-refractivity contribution in [3.8, 4) is 0 Å². The van der Waals surface area contributed by atoms with E-state index in [1.807, 2.05) is 6.07 Å². The van der Waals surface area contributed by atoms with Crippen LogP contribution >= 0.6 is 23.2 Å². The second-order valence-electron chi connectivity index (χ2n) is 3.38. The van der Waals surface area contributed by atoms with Gasteiger partial charge in [0.05, 0.1) is 22.9 Å². The summed E-state index contributed by atoms with van der Waals surface area (Å²) >= 11 is 11.6. The highest BCUT2D eigenvalue weighted by Crippen LogP contribution is 2.23. The molecule has 0 aliphatic carbocycles. The summed E-state index contributed by atoms with van der Waals surface area (Å²) in [7, 11) is -3.34. The largest absolute Gasteiger partial charge is 0.270 e. The standard InChI is InChI=1S/C10H12Cl2O3S/c1-16(13,14)15-6-2-3-8-4-5-9(11)10(12)7-8/h4-5,7H,2-3,6H2,1H3. The molecule has 0 saturated carbocycles. The highest BCUT2D eigenvalue weighted by molar-refractivity contribution is 7.85.